The van der Waals surface area contributed by atoms with Crippen molar-refractivity contribution < 1.29 is 4.79 Å². The third-order valence-electron chi connectivity index (χ3n) is 2.60. The highest BCUT2D eigenvalue weighted by Gasteiger charge is 1.98. The van der Waals surface area contributed by atoms with Crippen molar-refractivity contribution in [3.05, 3.63) is 40.0 Å². The number of nitrogens with zero attached hydrogens (tertiary/aromatic N) is 1. The van der Waals surface area contributed by atoms with E-state index in [2.05, 4.69) is 11.6 Å². The van der Waals surface area contributed by atoms with Gasteiger partial charge in [-0.1, -0.05) is 43.4 Å². The Kier molecular flexibility index (Phi) is 7.43. The molecule has 1 aromatic rings. The zero-order valence-corrected chi connectivity index (χ0v) is 12.4. The van der Waals surface area contributed by atoms with Gasteiger partial charge >= 0.3 is 5.69 Å². The Morgan fingerprint density at radius 2 is 2.16 bits per heavy atom. The minimum absolute atomic E-state index is 0.0334. The van der Waals surface area contributed by atoms with E-state index in [0.29, 0.717) is 11.2 Å². The van der Waals surface area contributed by atoms with Gasteiger partial charge in [-0.2, -0.15) is 0 Å². The summed E-state index contributed by atoms with van der Waals surface area (Å²) >= 11 is 6.17. The van der Waals surface area contributed by atoms with Crippen LogP contribution in [0.15, 0.2) is 29.7 Å². The maximum absolute atomic E-state index is 11.5. The van der Waals surface area contributed by atoms with Crippen LogP contribution in [0.1, 0.15) is 25.7 Å². The van der Waals surface area contributed by atoms with Gasteiger partial charge in [0.25, 0.3) is 0 Å². The van der Waals surface area contributed by atoms with Crippen molar-refractivity contribution in [2.45, 2.75) is 32.2 Å². The summed E-state index contributed by atoms with van der Waals surface area (Å²) < 4.78 is 2.09. The lowest BCUT2D eigenvalue weighted by molar-refractivity contribution is -0.107. The van der Waals surface area contributed by atoms with Crippen LogP contribution in [0, 0.1) is 4.64 Å². The van der Waals surface area contributed by atoms with Crippen molar-refractivity contribution in [1.29, 1.82) is 0 Å². The quantitative estimate of drug-likeness (QED) is 0.455. The number of thioether (sulfide) groups is 1. The Hall–Kier alpha value is -1.14. The summed E-state index contributed by atoms with van der Waals surface area (Å²) in [4.78, 5) is 25.0. The molecule has 0 saturated carbocycles. The van der Waals surface area contributed by atoms with E-state index in [1.54, 1.807) is 16.8 Å². The van der Waals surface area contributed by atoms with Crippen LogP contribution in [0.2, 0.25) is 0 Å². The fraction of sp³-hybridized carbons (Fsp3) is 0.462. The molecule has 0 aliphatic rings. The second-order valence-corrected chi connectivity index (χ2v) is 5.63. The first-order chi connectivity index (χ1) is 9.13. The number of hydrogen-bond donors (Lipinski definition) is 1. The molecule has 0 atom stereocenters. The summed E-state index contributed by atoms with van der Waals surface area (Å²) in [5.41, 5.74) is -0.153. The number of aryl methyl sites for hydroxylation is 1. The molecule has 19 heavy (non-hydrogen) atoms. The molecule has 0 radical (unpaired) electrons. The van der Waals surface area contributed by atoms with Crippen LogP contribution in [-0.4, -0.2) is 20.4 Å². The summed E-state index contributed by atoms with van der Waals surface area (Å²) in [5, 5.41) is 0.0334. The van der Waals surface area contributed by atoms with Gasteiger partial charge in [0.05, 0.1) is 0 Å². The van der Waals surface area contributed by atoms with Crippen molar-refractivity contribution in [3.63, 3.8) is 0 Å². The van der Waals surface area contributed by atoms with Crippen molar-refractivity contribution in [1.82, 2.24) is 9.55 Å². The van der Waals surface area contributed by atoms with Crippen LogP contribution in [0.25, 0.3) is 0 Å². The number of rotatable bonds is 8. The number of aromatic amines is 1. The van der Waals surface area contributed by atoms with Gasteiger partial charge in [-0.3, -0.25) is 9.78 Å². The molecule has 0 amide bonds. The molecule has 1 aromatic heterocycles. The maximum atomic E-state index is 11.5. The summed E-state index contributed by atoms with van der Waals surface area (Å²) in [6.45, 7) is 4.12. The van der Waals surface area contributed by atoms with E-state index in [0.717, 1.165) is 31.4 Å². The number of unbranched alkanes of at least 4 members (excludes halogenated alkanes) is 3. The third kappa shape index (κ3) is 6.54. The van der Waals surface area contributed by atoms with Crippen LogP contribution in [0.3, 0.4) is 0 Å². The molecule has 6 heteroatoms. The predicted octanol–water partition coefficient (Wildman–Crippen LogP) is 2.91. The minimum Gasteiger partial charge on any atom is -0.301 e. The van der Waals surface area contributed by atoms with E-state index >= 15 is 0 Å². The molecule has 0 bridgehead atoms. The van der Waals surface area contributed by atoms with Gasteiger partial charge in [-0.15, -0.1) is 0 Å². The lowest BCUT2D eigenvalue weighted by Crippen LogP contribution is -2.22. The average Bonchev–Trinajstić information content (AvgIpc) is 2.39. The van der Waals surface area contributed by atoms with E-state index in [4.69, 9.17) is 12.2 Å². The highest BCUT2D eigenvalue weighted by atomic mass is 32.2. The monoisotopic (exact) mass is 298 g/mol. The number of nitrogens with one attached hydrogen (secondary N) is 1. The number of carbonyl (C=O) groups is 1. The van der Waals surface area contributed by atoms with E-state index in [9.17, 15) is 9.59 Å². The smallest absolute Gasteiger partial charge is 0.301 e. The highest BCUT2D eigenvalue weighted by Crippen LogP contribution is 2.09. The van der Waals surface area contributed by atoms with Gasteiger partial charge in [-0.05, 0) is 25.0 Å². The molecule has 0 aliphatic carbocycles. The largest absolute Gasteiger partial charge is 0.326 e. The fourth-order valence-corrected chi connectivity index (χ4v) is 2.41. The zero-order chi connectivity index (χ0) is 14.1. The van der Waals surface area contributed by atoms with Crippen molar-refractivity contribution in [2.24, 2.45) is 0 Å². The molecular weight excluding hydrogens is 280 g/mol. The Labute approximate surface area is 121 Å². The minimum atomic E-state index is -0.153. The molecule has 0 fully saturated rings. The van der Waals surface area contributed by atoms with Crippen LogP contribution in [0.5, 0.6) is 0 Å². The molecule has 4 nitrogen and oxygen atoms in total. The molecule has 1 heterocycles. The Morgan fingerprint density at radius 3 is 2.84 bits per heavy atom. The summed E-state index contributed by atoms with van der Waals surface area (Å²) in [6.07, 6.45) is 7.14. The summed E-state index contributed by atoms with van der Waals surface area (Å²) in [6, 6.07) is 1.72. The lowest BCUT2D eigenvalue weighted by Gasteiger charge is -2.04. The highest BCUT2D eigenvalue weighted by molar-refractivity contribution is 8.14. The molecule has 104 valence electrons. The second-order valence-electron chi connectivity index (χ2n) is 4.09. The molecule has 0 spiro atoms. The van der Waals surface area contributed by atoms with E-state index in [1.165, 1.54) is 17.8 Å². The van der Waals surface area contributed by atoms with Gasteiger partial charge in [0.2, 0.25) is 5.12 Å². The van der Waals surface area contributed by atoms with E-state index in [1.807, 2.05) is 0 Å². The summed E-state index contributed by atoms with van der Waals surface area (Å²) in [5.74, 6) is 0.837. The van der Waals surface area contributed by atoms with Crippen LogP contribution >= 0.6 is 24.0 Å². The first-order valence-corrected chi connectivity index (χ1v) is 7.62. The van der Waals surface area contributed by atoms with Crippen LogP contribution < -0.4 is 5.69 Å². The number of carbonyl (C=O) groups excluding carboxylic acids is 1. The fourth-order valence-electron chi connectivity index (χ4n) is 1.59. The topological polar surface area (TPSA) is 54.9 Å². The molecule has 0 unspecified atom stereocenters. The predicted molar refractivity (Wildman–Crippen MR) is 82.0 cm³/mol. The summed E-state index contributed by atoms with van der Waals surface area (Å²) in [7, 11) is 0. The molecule has 1 N–H and O–H groups in total. The van der Waals surface area contributed by atoms with Crippen molar-refractivity contribution in [2.75, 3.05) is 5.75 Å². The van der Waals surface area contributed by atoms with Crippen LogP contribution in [0.4, 0.5) is 0 Å². The normalized spacial score (nSPS) is 10.3. The van der Waals surface area contributed by atoms with Crippen molar-refractivity contribution in [3.8, 4) is 0 Å². The van der Waals surface area contributed by atoms with Crippen molar-refractivity contribution >= 4 is 29.1 Å². The van der Waals surface area contributed by atoms with E-state index < -0.39 is 0 Å². The number of hydrogen-bond acceptors (Lipinski definition) is 4. The standard InChI is InChI=1S/C13H18N2O2S2/c1-2-12(16)19-10-6-4-3-5-8-15-9-7-11(18)14-13(15)17/h2,7,9H,1,3-6,8,10H2,(H,14,17,18). The second kappa shape index (κ2) is 8.87. The van der Waals surface area contributed by atoms with Crippen LogP contribution in [-0.2, 0) is 11.3 Å². The maximum Gasteiger partial charge on any atom is 0.326 e. The van der Waals surface area contributed by atoms with E-state index in [-0.39, 0.29) is 10.8 Å². The third-order valence-corrected chi connectivity index (χ3v) is 3.78. The van der Waals surface area contributed by atoms with Gasteiger partial charge in [0.1, 0.15) is 4.64 Å². The molecule has 0 aliphatic heterocycles. The Balaban J connectivity index is 2.14. The molecule has 0 aromatic carbocycles. The first-order valence-electron chi connectivity index (χ1n) is 6.22. The number of aromatic nitrogens is 2. The zero-order valence-electron chi connectivity index (χ0n) is 10.8. The number of H-pyrrole nitrogens is 1. The molecular formula is C13H18N2O2S2. The SMILES string of the molecule is C=CC(=O)SCCCCCCn1ccc(=S)[nH]c1=O. The molecule has 0 saturated heterocycles. The van der Waals surface area contributed by atoms with Gasteiger partial charge in [-0.25, -0.2) is 4.79 Å². The average molecular weight is 298 g/mol. The first kappa shape index (κ1) is 15.9. The van der Waals surface area contributed by atoms with Gasteiger partial charge in [0.15, 0.2) is 0 Å². The van der Waals surface area contributed by atoms with Gasteiger partial charge < -0.3 is 4.57 Å². The Morgan fingerprint density at radius 1 is 1.42 bits per heavy atom. The van der Waals surface area contributed by atoms with Gasteiger partial charge in [0, 0.05) is 18.5 Å². The lowest BCUT2D eigenvalue weighted by atomic mass is 10.2. The molecule has 1 rings (SSSR count). The Bertz CT molecular complexity index is 534.